The van der Waals surface area contributed by atoms with E-state index in [2.05, 4.69) is 34.5 Å². The van der Waals surface area contributed by atoms with E-state index in [-0.39, 0.29) is 0 Å². The zero-order chi connectivity index (χ0) is 15.8. The molecule has 5 heteroatoms. The number of aryl methyl sites for hydroxylation is 1. The minimum atomic E-state index is 0.450. The van der Waals surface area contributed by atoms with Crippen LogP contribution in [0.1, 0.15) is 24.0 Å². The van der Waals surface area contributed by atoms with Crippen LogP contribution in [0.4, 0.5) is 0 Å². The van der Waals surface area contributed by atoms with Crippen molar-refractivity contribution < 1.29 is 4.57 Å². The van der Waals surface area contributed by atoms with Gasteiger partial charge < -0.3 is 5.73 Å². The van der Waals surface area contributed by atoms with E-state index in [0.29, 0.717) is 11.9 Å². The van der Waals surface area contributed by atoms with Crippen LogP contribution >= 0.6 is 0 Å². The second-order valence-electron chi connectivity index (χ2n) is 6.20. The van der Waals surface area contributed by atoms with Gasteiger partial charge in [-0.15, -0.1) is 0 Å². The van der Waals surface area contributed by atoms with Crippen LogP contribution in [-0.2, 0) is 13.6 Å². The molecule has 2 aromatic heterocycles. The van der Waals surface area contributed by atoms with Crippen molar-refractivity contribution in [2.24, 2.45) is 17.8 Å². The third-order valence-electron chi connectivity index (χ3n) is 4.17. The highest BCUT2D eigenvalue weighted by molar-refractivity contribution is 5.97. The molecule has 0 atom stereocenters. The van der Waals surface area contributed by atoms with Gasteiger partial charge >= 0.3 is 0 Å². The van der Waals surface area contributed by atoms with Crippen molar-refractivity contribution in [1.29, 1.82) is 0 Å². The minimum absolute atomic E-state index is 0.450. The van der Waals surface area contributed by atoms with Crippen LogP contribution in [0.2, 0.25) is 0 Å². The van der Waals surface area contributed by atoms with Crippen molar-refractivity contribution in [1.82, 2.24) is 9.78 Å². The fourth-order valence-electron chi connectivity index (χ4n) is 2.70. The summed E-state index contributed by atoms with van der Waals surface area (Å²) >= 11 is 0. The number of hydrogen-bond donors (Lipinski definition) is 1. The predicted molar refractivity (Wildman–Crippen MR) is 90.2 cm³/mol. The molecule has 0 radical (unpaired) electrons. The number of hydrogen-bond acceptors (Lipinski definition) is 2. The zero-order valence-electron chi connectivity index (χ0n) is 13.2. The minimum Gasteiger partial charge on any atom is -0.383 e. The molecule has 116 valence electrons. The van der Waals surface area contributed by atoms with Gasteiger partial charge in [-0.25, -0.2) is 4.57 Å². The molecule has 0 unspecified atom stereocenters. The Bertz CT molecular complexity index is 872. The van der Waals surface area contributed by atoms with Crippen LogP contribution in [0.3, 0.4) is 0 Å². The molecule has 1 aliphatic rings. The second kappa shape index (κ2) is 5.50. The Morgan fingerprint density at radius 2 is 2.09 bits per heavy atom. The number of fused-ring (bicyclic) bond motifs is 1. The molecule has 0 amide bonds. The van der Waals surface area contributed by atoms with Crippen molar-refractivity contribution in [3.8, 4) is 0 Å². The van der Waals surface area contributed by atoms with E-state index in [1.807, 2.05) is 40.8 Å². The number of pyridine rings is 1. The molecule has 0 spiro atoms. The number of nitrogens with zero attached hydrogens (tertiary/aromatic N) is 4. The zero-order valence-corrected chi connectivity index (χ0v) is 13.2. The number of aromatic nitrogens is 3. The highest BCUT2D eigenvalue weighted by atomic mass is 15.3. The van der Waals surface area contributed by atoms with Crippen LogP contribution in [0.5, 0.6) is 0 Å². The van der Waals surface area contributed by atoms with Gasteiger partial charge in [0.25, 0.3) is 0 Å². The van der Waals surface area contributed by atoms with Gasteiger partial charge in [0.05, 0.1) is 29.7 Å². The fourth-order valence-corrected chi connectivity index (χ4v) is 2.70. The third kappa shape index (κ3) is 2.95. The van der Waals surface area contributed by atoms with E-state index in [4.69, 9.17) is 5.73 Å². The molecule has 1 aliphatic carbocycles. The molecule has 2 heterocycles. The third-order valence-corrected chi connectivity index (χ3v) is 4.17. The molecule has 0 bridgehead atoms. The molecule has 0 aliphatic heterocycles. The maximum Gasteiger partial charge on any atom is 0.179 e. The summed E-state index contributed by atoms with van der Waals surface area (Å²) in [6.45, 7) is 0.747. The van der Waals surface area contributed by atoms with Crippen LogP contribution in [0.15, 0.2) is 53.9 Å². The quantitative estimate of drug-likeness (QED) is 0.454. The smallest absolute Gasteiger partial charge is 0.179 e. The molecule has 1 saturated carbocycles. The molecule has 2 N–H and O–H groups in total. The Labute approximate surface area is 135 Å². The number of benzene rings is 1. The average molecular weight is 306 g/mol. The van der Waals surface area contributed by atoms with Crippen molar-refractivity contribution in [2.75, 3.05) is 0 Å². The van der Waals surface area contributed by atoms with Gasteiger partial charge in [-0.3, -0.25) is 9.67 Å². The van der Waals surface area contributed by atoms with Gasteiger partial charge in [-0.2, -0.15) is 5.10 Å². The Morgan fingerprint density at radius 1 is 1.30 bits per heavy atom. The molecule has 4 rings (SSSR count). The summed E-state index contributed by atoms with van der Waals surface area (Å²) in [4.78, 5) is 4.49. The first-order valence-corrected chi connectivity index (χ1v) is 7.92. The van der Waals surface area contributed by atoms with Gasteiger partial charge in [-0.05, 0) is 18.4 Å². The molecule has 3 aromatic rings. The standard InChI is InChI=1S/C18H20N5/c1-22-9-8-17-15(12-22)10-20-23(17)11-13-2-4-14(5-3-13)18(19)21-16-6-7-16/h2-5,8-10,12,16H,6-7,11H2,1H3,(H2,19,21)/q+1. The molecule has 23 heavy (non-hydrogen) atoms. The van der Waals surface area contributed by atoms with Crippen LogP contribution < -0.4 is 10.3 Å². The first-order valence-electron chi connectivity index (χ1n) is 7.92. The number of rotatable bonds is 4. The second-order valence-corrected chi connectivity index (χ2v) is 6.20. The Morgan fingerprint density at radius 3 is 2.83 bits per heavy atom. The van der Waals surface area contributed by atoms with Crippen molar-refractivity contribution in [3.63, 3.8) is 0 Å². The highest BCUT2D eigenvalue weighted by Gasteiger charge is 2.20. The molecule has 1 fully saturated rings. The van der Waals surface area contributed by atoms with E-state index in [1.165, 1.54) is 18.4 Å². The normalized spacial score (nSPS) is 15.3. The van der Waals surface area contributed by atoms with Crippen LogP contribution in [-0.4, -0.2) is 21.7 Å². The molecular weight excluding hydrogens is 286 g/mol. The van der Waals surface area contributed by atoms with Crippen molar-refractivity contribution in [2.45, 2.75) is 25.4 Å². The first kappa shape index (κ1) is 13.9. The van der Waals surface area contributed by atoms with Gasteiger partial charge in [0.15, 0.2) is 12.4 Å². The maximum absolute atomic E-state index is 6.04. The van der Waals surface area contributed by atoms with E-state index < -0.39 is 0 Å². The van der Waals surface area contributed by atoms with Crippen molar-refractivity contribution in [3.05, 3.63) is 60.0 Å². The van der Waals surface area contributed by atoms with Crippen LogP contribution in [0.25, 0.3) is 10.9 Å². The molecule has 5 nitrogen and oxygen atoms in total. The van der Waals surface area contributed by atoms with Gasteiger partial charge in [0, 0.05) is 11.6 Å². The van der Waals surface area contributed by atoms with E-state index in [9.17, 15) is 0 Å². The average Bonchev–Trinajstić information content (AvgIpc) is 3.28. The van der Waals surface area contributed by atoms with E-state index in [1.54, 1.807) is 0 Å². The summed E-state index contributed by atoms with van der Waals surface area (Å²) in [6, 6.07) is 10.8. The Hall–Kier alpha value is -2.69. The number of nitrogens with two attached hydrogens (primary N) is 1. The largest absolute Gasteiger partial charge is 0.383 e. The summed E-state index contributed by atoms with van der Waals surface area (Å²) in [5, 5.41) is 5.64. The van der Waals surface area contributed by atoms with Crippen LogP contribution in [0, 0.1) is 0 Å². The topological polar surface area (TPSA) is 60.1 Å². The lowest BCUT2D eigenvalue weighted by Gasteiger charge is -2.06. The Kier molecular flexibility index (Phi) is 3.33. The van der Waals surface area contributed by atoms with Gasteiger partial charge in [-0.1, -0.05) is 24.3 Å². The predicted octanol–water partition coefficient (Wildman–Crippen LogP) is 1.78. The lowest BCUT2D eigenvalue weighted by molar-refractivity contribution is -0.670. The summed E-state index contributed by atoms with van der Waals surface area (Å²) in [7, 11) is 2.02. The molecule has 1 aromatic carbocycles. The lowest BCUT2D eigenvalue weighted by atomic mass is 10.1. The lowest BCUT2D eigenvalue weighted by Crippen LogP contribution is -2.25. The summed E-state index contributed by atoms with van der Waals surface area (Å²) in [5.74, 6) is 0.649. The fraction of sp³-hybridized carbons (Fsp3) is 0.278. The van der Waals surface area contributed by atoms with Crippen molar-refractivity contribution >= 4 is 16.7 Å². The first-order chi connectivity index (χ1) is 11.2. The monoisotopic (exact) mass is 306 g/mol. The maximum atomic E-state index is 6.04. The molecular formula is C18H20N5+. The summed E-state index contributed by atoms with van der Waals surface area (Å²) in [5.41, 5.74) is 9.38. The van der Waals surface area contributed by atoms with Gasteiger partial charge in [0.1, 0.15) is 12.9 Å². The summed E-state index contributed by atoms with van der Waals surface area (Å²) in [6.07, 6.45) is 8.37. The van der Waals surface area contributed by atoms with Gasteiger partial charge in [0.2, 0.25) is 0 Å². The Balaban J connectivity index is 1.56. The SMILES string of the molecule is C[n+]1ccc2c(cnn2Cc2ccc(C(N)=NC3CC3)cc2)c1. The summed E-state index contributed by atoms with van der Waals surface area (Å²) < 4.78 is 4.05. The number of aliphatic imine (C=N–C) groups is 1. The number of amidine groups is 1. The van der Waals surface area contributed by atoms with E-state index in [0.717, 1.165) is 23.0 Å². The highest BCUT2D eigenvalue weighted by Crippen LogP contribution is 2.24. The van der Waals surface area contributed by atoms with E-state index >= 15 is 0 Å². The molecule has 0 saturated heterocycles.